The number of thioether (sulfide) groups is 2. The van der Waals surface area contributed by atoms with E-state index in [0.29, 0.717) is 13.0 Å². The Morgan fingerprint density at radius 1 is 0.912 bits per heavy atom. The fourth-order valence-corrected chi connectivity index (χ4v) is 7.10. The first-order valence-electron chi connectivity index (χ1n) is 11.4. The number of rotatable bonds is 12. The Hall–Kier alpha value is -2.01. The van der Waals surface area contributed by atoms with Crippen LogP contribution in [0.25, 0.3) is 6.08 Å². The van der Waals surface area contributed by atoms with Crippen LogP contribution in [-0.4, -0.2) is 38.5 Å². The molecule has 0 saturated heterocycles. The van der Waals surface area contributed by atoms with E-state index in [0.717, 1.165) is 10.7 Å². The number of benzene rings is 3. The molecule has 0 N–H and O–H groups in total. The molecule has 3 aromatic carbocycles. The van der Waals surface area contributed by atoms with Gasteiger partial charge in [0.25, 0.3) is 0 Å². The zero-order valence-corrected chi connectivity index (χ0v) is 22.9. The van der Waals surface area contributed by atoms with Crippen molar-refractivity contribution in [2.75, 3.05) is 12.4 Å². The van der Waals surface area contributed by atoms with Gasteiger partial charge in [0, 0.05) is 0 Å². The normalized spacial score (nSPS) is 13.0. The monoisotopic (exact) mass is 554 g/mol. The molecule has 5 heteroatoms. The van der Waals surface area contributed by atoms with Crippen LogP contribution >= 0.6 is 23.5 Å². The van der Waals surface area contributed by atoms with Crippen molar-refractivity contribution in [3.05, 3.63) is 112 Å². The van der Waals surface area contributed by atoms with Crippen molar-refractivity contribution in [3.8, 4) is 0 Å². The molecular formula is C29H30O2S2Se. The third-order valence-electron chi connectivity index (χ3n) is 4.67. The van der Waals surface area contributed by atoms with Crippen LogP contribution in [-0.2, 0) is 9.53 Å². The van der Waals surface area contributed by atoms with Crippen LogP contribution in [0.2, 0.25) is 0 Å². The molecule has 0 aliphatic heterocycles. The van der Waals surface area contributed by atoms with Gasteiger partial charge in [0.05, 0.1) is 0 Å². The Balaban J connectivity index is 2.05. The summed E-state index contributed by atoms with van der Waals surface area (Å²) in [5.41, 5.74) is 1.17. The number of carbonyl (C=O) groups is 1. The van der Waals surface area contributed by atoms with E-state index in [9.17, 15) is 4.79 Å². The van der Waals surface area contributed by atoms with Gasteiger partial charge in [-0.1, -0.05) is 0 Å². The molecule has 0 heterocycles. The molecule has 0 bridgehead atoms. The molecule has 0 spiro atoms. The quantitative estimate of drug-likeness (QED) is 0.140. The van der Waals surface area contributed by atoms with E-state index in [1.165, 1.54) is 31.2 Å². The van der Waals surface area contributed by atoms with Crippen molar-refractivity contribution in [1.29, 1.82) is 0 Å². The van der Waals surface area contributed by atoms with Crippen molar-refractivity contribution in [1.82, 2.24) is 0 Å². The molecule has 176 valence electrons. The average molecular weight is 554 g/mol. The van der Waals surface area contributed by atoms with Gasteiger partial charge in [-0.3, -0.25) is 0 Å². The van der Waals surface area contributed by atoms with Crippen molar-refractivity contribution in [3.63, 3.8) is 0 Å². The number of ether oxygens (including phenoxy) is 1. The first kappa shape index (κ1) is 26.6. The maximum atomic E-state index is 12.5. The summed E-state index contributed by atoms with van der Waals surface area (Å²) in [6.07, 6.45) is 4.56. The van der Waals surface area contributed by atoms with Crippen molar-refractivity contribution in [2.45, 2.75) is 31.3 Å². The number of hydrogen-bond acceptors (Lipinski definition) is 4. The molecule has 3 rings (SSSR count). The van der Waals surface area contributed by atoms with Crippen LogP contribution in [0.15, 0.2) is 111 Å². The standard InChI is InChI=1S/C29H30O2S2Se/c1-3-31-24(22-29(30)32-4-2)21-27(33-25-16-10-6-11-17-25)28(20-23-14-8-5-9-15-23)34-26-18-12-7-13-19-26/h5-21,24H,3-4,22H2,1-2H3/b27-21-,28-20-. The number of hydrogen-bond donors (Lipinski definition) is 0. The topological polar surface area (TPSA) is 26.3 Å². The molecule has 0 amide bonds. The third kappa shape index (κ3) is 9.32. The maximum absolute atomic E-state index is 12.5. The molecule has 0 saturated carbocycles. The van der Waals surface area contributed by atoms with Gasteiger partial charge < -0.3 is 0 Å². The van der Waals surface area contributed by atoms with Crippen LogP contribution < -0.4 is 4.46 Å². The first-order valence-corrected chi connectivity index (χ1v) is 14.9. The van der Waals surface area contributed by atoms with Gasteiger partial charge in [-0.15, -0.1) is 0 Å². The molecule has 0 aliphatic rings. The Labute approximate surface area is 218 Å². The van der Waals surface area contributed by atoms with E-state index in [-0.39, 0.29) is 26.2 Å². The second-order valence-electron chi connectivity index (χ2n) is 7.28. The second kappa shape index (κ2) is 15.1. The van der Waals surface area contributed by atoms with Gasteiger partial charge in [-0.2, -0.15) is 0 Å². The molecule has 0 aliphatic carbocycles. The van der Waals surface area contributed by atoms with Gasteiger partial charge in [0.1, 0.15) is 0 Å². The SMILES string of the molecule is CCOC(/C=C(Sc1ccccc1)/C(=C/c1ccccc1)[Se]c1ccccc1)CC(=O)SCC. The van der Waals surface area contributed by atoms with E-state index in [2.05, 4.69) is 91.0 Å². The second-order valence-corrected chi connectivity index (χ2v) is 12.1. The van der Waals surface area contributed by atoms with E-state index in [1.807, 2.05) is 26.0 Å². The van der Waals surface area contributed by atoms with Crippen molar-refractivity contribution >= 4 is 54.1 Å². The molecule has 34 heavy (non-hydrogen) atoms. The van der Waals surface area contributed by atoms with Crippen LogP contribution in [0.5, 0.6) is 0 Å². The van der Waals surface area contributed by atoms with E-state index in [4.69, 9.17) is 4.74 Å². The van der Waals surface area contributed by atoms with Gasteiger partial charge in [0.2, 0.25) is 0 Å². The molecular weight excluding hydrogens is 523 g/mol. The van der Waals surface area contributed by atoms with E-state index in [1.54, 1.807) is 11.8 Å². The summed E-state index contributed by atoms with van der Waals surface area (Å²) in [6, 6.07) is 31.4. The minimum absolute atomic E-state index is 0.0870. The number of allylic oxidation sites excluding steroid dienone is 1. The van der Waals surface area contributed by atoms with Crippen LogP contribution in [0.3, 0.4) is 0 Å². The summed E-state index contributed by atoms with van der Waals surface area (Å²) < 4.78 is 8.60. The Morgan fingerprint density at radius 3 is 2.15 bits per heavy atom. The van der Waals surface area contributed by atoms with Crippen LogP contribution in [0, 0.1) is 0 Å². The Morgan fingerprint density at radius 2 is 1.53 bits per heavy atom. The molecule has 2 nitrogen and oxygen atoms in total. The Kier molecular flexibility index (Phi) is 11.8. The average Bonchev–Trinajstić information content (AvgIpc) is 2.85. The summed E-state index contributed by atoms with van der Waals surface area (Å²) in [5.74, 6) is 0.781. The van der Waals surface area contributed by atoms with E-state index >= 15 is 0 Å². The molecule has 1 unspecified atom stereocenters. The van der Waals surface area contributed by atoms with Gasteiger partial charge in [0.15, 0.2) is 0 Å². The van der Waals surface area contributed by atoms with E-state index < -0.39 is 0 Å². The van der Waals surface area contributed by atoms with Gasteiger partial charge in [-0.25, -0.2) is 0 Å². The van der Waals surface area contributed by atoms with Crippen LogP contribution in [0.1, 0.15) is 25.8 Å². The molecule has 3 aromatic rings. The summed E-state index contributed by atoms with van der Waals surface area (Å²) in [6.45, 7) is 4.56. The zero-order valence-electron chi connectivity index (χ0n) is 19.6. The molecule has 0 fully saturated rings. The summed E-state index contributed by atoms with van der Waals surface area (Å²) in [7, 11) is 0. The van der Waals surface area contributed by atoms with Crippen molar-refractivity contribution in [2.24, 2.45) is 0 Å². The molecule has 0 aromatic heterocycles. The van der Waals surface area contributed by atoms with Crippen LogP contribution in [0.4, 0.5) is 0 Å². The summed E-state index contributed by atoms with van der Waals surface area (Å²) in [5, 5.41) is 0.170. The fraction of sp³-hybridized carbons (Fsp3) is 0.207. The van der Waals surface area contributed by atoms with Crippen molar-refractivity contribution < 1.29 is 9.53 Å². The predicted octanol–water partition coefficient (Wildman–Crippen LogP) is 6.81. The molecule has 1 atom stereocenters. The summed E-state index contributed by atoms with van der Waals surface area (Å²) >= 11 is 3.19. The fourth-order valence-electron chi connectivity index (χ4n) is 3.18. The molecule has 0 radical (unpaired) electrons. The van der Waals surface area contributed by atoms with Gasteiger partial charge in [-0.05, 0) is 0 Å². The zero-order chi connectivity index (χ0) is 24.0. The summed E-state index contributed by atoms with van der Waals surface area (Å²) in [4.78, 5) is 14.8. The Bertz CT molecular complexity index is 1070. The minimum atomic E-state index is -0.256. The number of carbonyl (C=O) groups excluding carboxylic acids is 1. The first-order chi connectivity index (χ1) is 16.7. The predicted molar refractivity (Wildman–Crippen MR) is 150 cm³/mol. The third-order valence-corrected chi connectivity index (χ3v) is 9.06. The van der Waals surface area contributed by atoms with Gasteiger partial charge >= 0.3 is 219 Å².